The van der Waals surface area contributed by atoms with E-state index < -0.39 is 18.8 Å². The highest BCUT2D eigenvalue weighted by Gasteiger charge is 2.19. The lowest BCUT2D eigenvalue weighted by Gasteiger charge is -2.18. The summed E-state index contributed by atoms with van der Waals surface area (Å²) in [6.45, 7) is -0.117. The number of hydrogen-bond acceptors (Lipinski definition) is 5. The Hall–Kier alpha value is -2.08. The molecular formula is C17H20O5. The molecule has 0 aliphatic rings. The van der Waals surface area contributed by atoms with Gasteiger partial charge in [0.1, 0.15) is 18.8 Å². The molecule has 5 nitrogen and oxygen atoms in total. The third-order valence-electron chi connectivity index (χ3n) is 3.32. The van der Waals surface area contributed by atoms with E-state index in [0.717, 1.165) is 5.56 Å². The standard InChI is InChI=1S/C17H20O5/c1-21-16-9-13(17(20)14(19)10-18)7-8-15(16)22-11-12-5-3-2-4-6-12/h2-9,14,17-20H,10-11H2,1H3/t14-,17-/m1/s1. The molecule has 0 aliphatic heterocycles. The second-order valence-corrected chi connectivity index (χ2v) is 4.88. The van der Waals surface area contributed by atoms with Crippen molar-refractivity contribution in [3.8, 4) is 11.5 Å². The number of hydrogen-bond donors (Lipinski definition) is 3. The van der Waals surface area contributed by atoms with Gasteiger partial charge in [-0.3, -0.25) is 0 Å². The van der Waals surface area contributed by atoms with Crippen molar-refractivity contribution < 1.29 is 24.8 Å². The average molecular weight is 304 g/mol. The summed E-state index contributed by atoms with van der Waals surface area (Å²) in [7, 11) is 1.50. The molecule has 0 saturated heterocycles. The van der Waals surface area contributed by atoms with Crippen molar-refractivity contribution in [1.82, 2.24) is 0 Å². The van der Waals surface area contributed by atoms with Gasteiger partial charge in [-0.1, -0.05) is 36.4 Å². The number of methoxy groups -OCH3 is 1. The Balaban J connectivity index is 2.12. The molecule has 22 heavy (non-hydrogen) atoms. The van der Waals surface area contributed by atoms with E-state index in [9.17, 15) is 10.2 Å². The lowest BCUT2D eigenvalue weighted by Crippen LogP contribution is -2.22. The molecule has 0 aromatic heterocycles. The molecule has 0 unspecified atom stereocenters. The highest BCUT2D eigenvalue weighted by atomic mass is 16.5. The quantitative estimate of drug-likeness (QED) is 0.725. The minimum atomic E-state index is -1.24. The highest BCUT2D eigenvalue weighted by molar-refractivity contribution is 5.44. The fourth-order valence-corrected chi connectivity index (χ4v) is 2.04. The smallest absolute Gasteiger partial charge is 0.161 e. The first kappa shape index (κ1) is 16.3. The second-order valence-electron chi connectivity index (χ2n) is 4.88. The van der Waals surface area contributed by atoms with Crippen LogP contribution in [-0.2, 0) is 6.61 Å². The molecular weight excluding hydrogens is 284 g/mol. The van der Waals surface area contributed by atoms with Crippen molar-refractivity contribution in [3.05, 3.63) is 59.7 Å². The van der Waals surface area contributed by atoms with Crippen molar-refractivity contribution in [3.63, 3.8) is 0 Å². The number of aliphatic hydroxyl groups is 3. The van der Waals surface area contributed by atoms with Crippen LogP contribution in [0.4, 0.5) is 0 Å². The second kappa shape index (κ2) is 7.79. The number of rotatable bonds is 7. The molecule has 0 spiro atoms. The Morgan fingerprint density at radius 1 is 1.00 bits per heavy atom. The summed E-state index contributed by atoms with van der Waals surface area (Å²) in [5.41, 5.74) is 1.48. The first-order valence-corrected chi connectivity index (χ1v) is 6.97. The Morgan fingerprint density at radius 2 is 1.73 bits per heavy atom. The molecule has 2 rings (SSSR count). The van der Waals surface area contributed by atoms with Crippen LogP contribution in [0.5, 0.6) is 11.5 Å². The van der Waals surface area contributed by atoms with Gasteiger partial charge in [0.2, 0.25) is 0 Å². The largest absolute Gasteiger partial charge is 0.493 e. The zero-order valence-corrected chi connectivity index (χ0v) is 12.3. The molecule has 0 amide bonds. The zero-order valence-electron chi connectivity index (χ0n) is 12.3. The molecule has 0 fully saturated rings. The van der Waals surface area contributed by atoms with Gasteiger partial charge in [0.25, 0.3) is 0 Å². The first-order valence-electron chi connectivity index (χ1n) is 6.97. The van der Waals surface area contributed by atoms with Crippen LogP contribution in [0.1, 0.15) is 17.2 Å². The van der Waals surface area contributed by atoms with Crippen LogP contribution in [0.3, 0.4) is 0 Å². The maximum absolute atomic E-state index is 9.90. The van der Waals surface area contributed by atoms with Gasteiger partial charge in [0, 0.05) is 0 Å². The Labute approximate surface area is 129 Å². The van der Waals surface area contributed by atoms with Crippen LogP contribution in [0.15, 0.2) is 48.5 Å². The van der Waals surface area contributed by atoms with Gasteiger partial charge in [-0.15, -0.1) is 0 Å². The molecule has 2 aromatic rings. The van der Waals surface area contributed by atoms with Crippen LogP contribution in [0.2, 0.25) is 0 Å². The Bertz CT molecular complexity index is 585. The highest BCUT2D eigenvalue weighted by Crippen LogP contribution is 2.31. The fraction of sp³-hybridized carbons (Fsp3) is 0.294. The number of aliphatic hydroxyl groups excluding tert-OH is 3. The molecule has 2 aromatic carbocycles. The van der Waals surface area contributed by atoms with Crippen LogP contribution in [0, 0.1) is 0 Å². The number of benzene rings is 2. The van der Waals surface area contributed by atoms with Gasteiger partial charge in [-0.2, -0.15) is 0 Å². The minimum absolute atomic E-state index is 0.401. The molecule has 2 atom stereocenters. The third-order valence-corrected chi connectivity index (χ3v) is 3.32. The zero-order chi connectivity index (χ0) is 15.9. The van der Waals surface area contributed by atoms with E-state index in [0.29, 0.717) is 23.7 Å². The Kier molecular flexibility index (Phi) is 5.77. The predicted molar refractivity (Wildman–Crippen MR) is 81.8 cm³/mol. The maximum Gasteiger partial charge on any atom is 0.161 e. The van der Waals surface area contributed by atoms with Gasteiger partial charge >= 0.3 is 0 Å². The van der Waals surface area contributed by atoms with Crippen LogP contribution < -0.4 is 9.47 Å². The van der Waals surface area contributed by atoms with Gasteiger partial charge in [0.05, 0.1) is 13.7 Å². The molecule has 3 N–H and O–H groups in total. The third kappa shape index (κ3) is 3.98. The molecule has 0 aliphatic carbocycles. The van der Waals surface area contributed by atoms with E-state index in [4.69, 9.17) is 14.6 Å². The van der Waals surface area contributed by atoms with Crippen LogP contribution >= 0.6 is 0 Å². The molecule has 118 valence electrons. The van der Waals surface area contributed by atoms with Crippen molar-refractivity contribution in [2.24, 2.45) is 0 Å². The SMILES string of the molecule is COc1cc([C@@H](O)[C@H](O)CO)ccc1OCc1ccccc1. The molecule has 5 heteroatoms. The average Bonchev–Trinajstić information content (AvgIpc) is 2.59. The van der Waals surface area contributed by atoms with Crippen LogP contribution in [-0.4, -0.2) is 35.1 Å². The van der Waals surface area contributed by atoms with Gasteiger partial charge in [-0.25, -0.2) is 0 Å². The topological polar surface area (TPSA) is 79.2 Å². The van der Waals surface area contributed by atoms with E-state index >= 15 is 0 Å². The summed E-state index contributed by atoms with van der Waals surface area (Å²) in [6, 6.07) is 14.6. The van der Waals surface area contributed by atoms with E-state index in [1.54, 1.807) is 18.2 Å². The fourth-order valence-electron chi connectivity index (χ4n) is 2.04. The van der Waals surface area contributed by atoms with E-state index in [2.05, 4.69) is 0 Å². The summed E-state index contributed by atoms with van der Waals surface area (Å²) in [5.74, 6) is 0.999. The minimum Gasteiger partial charge on any atom is -0.493 e. The summed E-state index contributed by atoms with van der Waals surface area (Å²) < 4.78 is 11.0. The van der Waals surface area contributed by atoms with Gasteiger partial charge in [0.15, 0.2) is 11.5 Å². The van der Waals surface area contributed by atoms with Crippen molar-refractivity contribution >= 4 is 0 Å². The summed E-state index contributed by atoms with van der Waals surface area (Å²) in [5, 5.41) is 28.3. The van der Waals surface area contributed by atoms with E-state index in [-0.39, 0.29) is 0 Å². The molecule has 0 radical (unpaired) electrons. The first-order chi connectivity index (χ1) is 10.7. The predicted octanol–water partition coefficient (Wildman–Crippen LogP) is 1.66. The lowest BCUT2D eigenvalue weighted by atomic mass is 10.0. The molecule has 0 bridgehead atoms. The monoisotopic (exact) mass is 304 g/mol. The van der Waals surface area contributed by atoms with E-state index in [1.165, 1.54) is 7.11 Å². The van der Waals surface area contributed by atoms with Crippen LogP contribution in [0.25, 0.3) is 0 Å². The van der Waals surface area contributed by atoms with Gasteiger partial charge in [-0.05, 0) is 23.3 Å². The van der Waals surface area contributed by atoms with Crippen molar-refractivity contribution in [2.75, 3.05) is 13.7 Å². The van der Waals surface area contributed by atoms with Crippen molar-refractivity contribution in [1.29, 1.82) is 0 Å². The van der Waals surface area contributed by atoms with E-state index in [1.807, 2.05) is 30.3 Å². The summed E-state index contributed by atoms with van der Waals surface area (Å²) in [4.78, 5) is 0. The number of ether oxygens (including phenoxy) is 2. The molecule has 0 heterocycles. The van der Waals surface area contributed by atoms with Crippen molar-refractivity contribution in [2.45, 2.75) is 18.8 Å². The van der Waals surface area contributed by atoms with Gasteiger partial charge < -0.3 is 24.8 Å². The Morgan fingerprint density at radius 3 is 2.36 bits per heavy atom. The lowest BCUT2D eigenvalue weighted by molar-refractivity contribution is -0.0153. The maximum atomic E-state index is 9.90. The normalized spacial score (nSPS) is 13.5. The summed E-state index contributed by atoms with van der Waals surface area (Å²) in [6.07, 6.45) is -2.41. The summed E-state index contributed by atoms with van der Waals surface area (Å²) >= 11 is 0. The molecule has 0 saturated carbocycles.